The molecule has 0 aliphatic heterocycles. The maximum atomic E-state index is 11.8. The Morgan fingerprint density at radius 1 is 1.50 bits per heavy atom. The van der Waals surface area contributed by atoms with Crippen LogP contribution in [0.1, 0.15) is 16.2 Å². The van der Waals surface area contributed by atoms with Gasteiger partial charge in [-0.25, -0.2) is 4.79 Å². The van der Waals surface area contributed by atoms with E-state index in [0.29, 0.717) is 22.4 Å². The average molecular weight is 375 g/mol. The number of alkyl halides is 1. The van der Waals surface area contributed by atoms with Crippen molar-refractivity contribution in [3.8, 4) is 5.69 Å². The Morgan fingerprint density at radius 2 is 2.28 bits per heavy atom. The highest BCUT2D eigenvalue weighted by atomic mass is 79.9. The van der Waals surface area contributed by atoms with Gasteiger partial charge in [0.05, 0.1) is 23.7 Å². The van der Waals surface area contributed by atoms with Gasteiger partial charge in [0.25, 0.3) is 0 Å². The molecule has 7 heteroatoms. The fourth-order valence-corrected chi connectivity index (χ4v) is 2.29. The Hall–Kier alpha value is -1.21. The quantitative estimate of drug-likeness (QED) is 0.612. The summed E-state index contributed by atoms with van der Waals surface area (Å²) in [5.74, 6) is 0.308. The highest BCUT2D eigenvalue weighted by Gasteiger charge is 2.16. The van der Waals surface area contributed by atoms with Crippen molar-refractivity contribution in [2.75, 3.05) is 7.11 Å². The fraction of sp³-hybridized carbons (Fsp3) is 0.182. The van der Waals surface area contributed by atoms with Crippen LogP contribution in [-0.2, 0) is 10.1 Å². The second-order valence-electron chi connectivity index (χ2n) is 3.40. The summed E-state index contributed by atoms with van der Waals surface area (Å²) >= 11 is 6.66. The van der Waals surface area contributed by atoms with Crippen LogP contribution in [0.25, 0.3) is 5.69 Å². The van der Waals surface area contributed by atoms with Crippen molar-refractivity contribution in [1.82, 2.24) is 14.8 Å². The standard InChI is InChI=1S/C11H9Br2N3O2/c1-18-11(17)8-4-7(13)2-3-9(8)16-6-14-15-10(16)5-12/h2-4,6H,5H2,1H3. The van der Waals surface area contributed by atoms with E-state index in [-0.39, 0.29) is 0 Å². The van der Waals surface area contributed by atoms with Gasteiger partial charge >= 0.3 is 5.97 Å². The Balaban J connectivity index is 2.60. The lowest BCUT2D eigenvalue weighted by Crippen LogP contribution is -2.09. The lowest BCUT2D eigenvalue weighted by Gasteiger charge is -2.10. The molecule has 0 radical (unpaired) electrons. The molecule has 0 spiro atoms. The number of aromatic nitrogens is 3. The van der Waals surface area contributed by atoms with Crippen molar-refractivity contribution in [3.63, 3.8) is 0 Å². The summed E-state index contributed by atoms with van der Waals surface area (Å²) in [6.07, 6.45) is 1.56. The van der Waals surface area contributed by atoms with Crippen LogP contribution in [0, 0.1) is 0 Å². The molecule has 94 valence electrons. The molecule has 18 heavy (non-hydrogen) atoms. The van der Waals surface area contributed by atoms with Crippen LogP contribution in [0.4, 0.5) is 0 Å². The van der Waals surface area contributed by atoms with Gasteiger partial charge in [0.15, 0.2) is 0 Å². The summed E-state index contributed by atoms with van der Waals surface area (Å²) < 4.78 is 7.33. The second-order valence-corrected chi connectivity index (χ2v) is 4.88. The first-order valence-electron chi connectivity index (χ1n) is 5.00. The smallest absolute Gasteiger partial charge is 0.340 e. The van der Waals surface area contributed by atoms with E-state index in [1.54, 1.807) is 17.0 Å². The number of hydrogen-bond donors (Lipinski definition) is 0. The van der Waals surface area contributed by atoms with Gasteiger partial charge in [0, 0.05) is 4.47 Å². The minimum atomic E-state index is -0.402. The first kappa shape index (κ1) is 13.2. The molecule has 1 aromatic heterocycles. The van der Waals surface area contributed by atoms with Gasteiger partial charge in [-0.05, 0) is 18.2 Å². The third-order valence-electron chi connectivity index (χ3n) is 2.36. The highest BCUT2D eigenvalue weighted by molar-refractivity contribution is 9.10. The zero-order chi connectivity index (χ0) is 13.1. The largest absolute Gasteiger partial charge is 0.465 e. The zero-order valence-corrected chi connectivity index (χ0v) is 12.6. The number of carbonyl (C=O) groups is 1. The van der Waals surface area contributed by atoms with Crippen LogP contribution < -0.4 is 0 Å². The molecule has 2 rings (SSSR count). The molecule has 0 atom stereocenters. The SMILES string of the molecule is COC(=O)c1cc(Br)ccc1-n1cnnc1CBr. The van der Waals surface area contributed by atoms with Crippen LogP contribution >= 0.6 is 31.9 Å². The number of methoxy groups -OCH3 is 1. The maximum Gasteiger partial charge on any atom is 0.340 e. The lowest BCUT2D eigenvalue weighted by atomic mass is 10.2. The van der Waals surface area contributed by atoms with E-state index in [2.05, 4.69) is 42.1 Å². The van der Waals surface area contributed by atoms with E-state index in [0.717, 1.165) is 4.47 Å². The second kappa shape index (κ2) is 5.62. The molecule has 0 saturated heterocycles. The fourth-order valence-electron chi connectivity index (χ4n) is 1.54. The van der Waals surface area contributed by atoms with Crippen LogP contribution in [-0.4, -0.2) is 27.8 Å². The summed E-state index contributed by atoms with van der Waals surface area (Å²) in [5.41, 5.74) is 1.14. The Bertz CT molecular complexity index is 583. The number of benzene rings is 1. The molecule has 0 aliphatic carbocycles. The van der Waals surface area contributed by atoms with Gasteiger partial charge in [-0.2, -0.15) is 0 Å². The molecule has 2 aromatic rings. The van der Waals surface area contributed by atoms with Gasteiger partial charge < -0.3 is 4.74 Å². The van der Waals surface area contributed by atoms with E-state index in [4.69, 9.17) is 4.74 Å². The molecule has 0 fully saturated rings. The normalized spacial score (nSPS) is 10.4. The van der Waals surface area contributed by atoms with Crippen LogP contribution in [0.15, 0.2) is 29.0 Å². The Kier molecular flexibility index (Phi) is 4.13. The summed E-state index contributed by atoms with van der Waals surface area (Å²) in [7, 11) is 1.35. The van der Waals surface area contributed by atoms with Crippen LogP contribution in [0.5, 0.6) is 0 Å². The van der Waals surface area contributed by atoms with Crippen molar-refractivity contribution < 1.29 is 9.53 Å². The first-order valence-corrected chi connectivity index (χ1v) is 6.92. The van der Waals surface area contributed by atoms with Crippen LogP contribution in [0.3, 0.4) is 0 Å². The molecule has 0 amide bonds. The van der Waals surface area contributed by atoms with E-state index in [9.17, 15) is 4.79 Å². The predicted molar refractivity (Wildman–Crippen MR) is 73.0 cm³/mol. The Labute approximate surface area is 120 Å². The monoisotopic (exact) mass is 373 g/mol. The summed E-state index contributed by atoms with van der Waals surface area (Å²) in [4.78, 5) is 11.8. The molecule has 0 unspecified atom stereocenters. The van der Waals surface area contributed by atoms with E-state index in [1.807, 2.05) is 12.1 Å². The van der Waals surface area contributed by atoms with Crippen molar-refractivity contribution in [1.29, 1.82) is 0 Å². The number of rotatable bonds is 3. The van der Waals surface area contributed by atoms with Crippen LogP contribution in [0.2, 0.25) is 0 Å². The minimum Gasteiger partial charge on any atom is -0.465 e. The van der Waals surface area contributed by atoms with Gasteiger partial charge in [-0.15, -0.1) is 10.2 Å². The predicted octanol–water partition coefficient (Wildman–Crippen LogP) is 2.71. The molecule has 0 aliphatic rings. The number of ether oxygens (including phenoxy) is 1. The van der Waals surface area contributed by atoms with Gasteiger partial charge in [0.2, 0.25) is 0 Å². The van der Waals surface area contributed by atoms with Gasteiger partial charge in [-0.3, -0.25) is 4.57 Å². The molecular weight excluding hydrogens is 366 g/mol. The van der Waals surface area contributed by atoms with Crippen molar-refractivity contribution in [2.45, 2.75) is 5.33 Å². The van der Waals surface area contributed by atoms with Crippen molar-refractivity contribution >= 4 is 37.8 Å². The van der Waals surface area contributed by atoms with Crippen molar-refractivity contribution in [3.05, 3.63) is 40.4 Å². The zero-order valence-electron chi connectivity index (χ0n) is 9.43. The highest BCUT2D eigenvalue weighted by Crippen LogP contribution is 2.22. The molecule has 0 saturated carbocycles. The third kappa shape index (κ3) is 2.46. The molecule has 0 N–H and O–H groups in total. The van der Waals surface area contributed by atoms with Gasteiger partial charge in [-0.1, -0.05) is 31.9 Å². The lowest BCUT2D eigenvalue weighted by molar-refractivity contribution is 0.0600. The van der Waals surface area contributed by atoms with Gasteiger partial charge in [0.1, 0.15) is 12.2 Å². The molecule has 1 aromatic carbocycles. The summed E-state index contributed by atoms with van der Waals surface area (Å²) in [6, 6.07) is 5.37. The summed E-state index contributed by atoms with van der Waals surface area (Å²) in [6.45, 7) is 0. The minimum absolute atomic E-state index is 0.402. The maximum absolute atomic E-state index is 11.8. The number of halogens is 2. The first-order chi connectivity index (χ1) is 8.67. The number of esters is 1. The van der Waals surface area contributed by atoms with E-state index < -0.39 is 5.97 Å². The third-order valence-corrected chi connectivity index (χ3v) is 3.36. The molecule has 0 bridgehead atoms. The number of carbonyl (C=O) groups excluding carboxylic acids is 1. The topological polar surface area (TPSA) is 57.0 Å². The Morgan fingerprint density at radius 3 is 2.94 bits per heavy atom. The number of hydrogen-bond acceptors (Lipinski definition) is 4. The molecule has 5 nitrogen and oxygen atoms in total. The van der Waals surface area contributed by atoms with Crippen molar-refractivity contribution in [2.24, 2.45) is 0 Å². The average Bonchev–Trinajstić information content (AvgIpc) is 2.85. The molecule has 1 heterocycles. The van der Waals surface area contributed by atoms with E-state index in [1.165, 1.54) is 7.11 Å². The molecular formula is C11H9Br2N3O2. The summed E-state index contributed by atoms with van der Waals surface area (Å²) in [5, 5.41) is 8.34. The van der Waals surface area contributed by atoms with E-state index >= 15 is 0 Å². The number of nitrogens with zero attached hydrogens (tertiary/aromatic N) is 3.